The minimum Gasteiger partial charge on any atom is -0.378 e. The number of rotatable bonds is 4. The van der Waals surface area contributed by atoms with Crippen molar-refractivity contribution in [2.24, 2.45) is 0 Å². The highest BCUT2D eigenvalue weighted by atomic mass is 35.5. The molecule has 0 aliphatic carbocycles. The number of hydrogen-bond acceptors (Lipinski definition) is 3. The Morgan fingerprint density at radius 2 is 1.85 bits per heavy atom. The topological polar surface area (TPSA) is 20.3 Å². The summed E-state index contributed by atoms with van der Waals surface area (Å²) >= 11 is 13.0. The Morgan fingerprint density at radius 1 is 1.20 bits per heavy atom. The Morgan fingerprint density at radius 3 is 2.35 bits per heavy atom. The van der Waals surface area contributed by atoms with Crippen LogP contribution >= 0.6 is 34.5 Å². The first-order chi connectivity index (χ1) is 9.47. The molecule has 0 aliphatic heterocycles. The van der Waals surface area contributed by atoms with E-state index in [4.69, 9.17) is 23.2 Å². The predicted octanol–water partition coefficient (Wildman–Crippen LogP) is 5.02. The molecular formula is C15H13Cl2NOS. The van der Waals surface area contributed by atoms with Crippen LogP contribution in [0.15, 0.2) is 36.4 Å². The number of carbonyl (C=O) groups excluding carboxylic acids is 1. The molecule has 0 aliphatic rings. The molecule has 0 bridgehead atoms. The molecule has 1 aromatic heterocycles. The fourth-order valence-electron chi connectivity index (χ4n) is 1.65. The first-order valence-electron chi connectivity index (χ1n) is 5.92. The third kappa shape index (κ3) is 3.63. The van der Waals surface area contributed by atoms with Gasteiger partial charge in [0.05, 0.1) is 9.90 Å². The van der Waals surface area contributed by atoms with Gasteiger partial charge in [-0.15, -0.1) is 11.3 Å². The molecule has 0 N–H and O–H groups in total. The Hall–Kier alpha value is -1.29. The number of ketones is 1. The maximum atomic E-state index is 12.0. The van der Waals surface area contributed by atoms with Crippen molar-refractivity contribution in [1.82, 2.24) is 0 Å². The zero-order valence-electron chi connectivity index (χ0n) is 11.1. The van der Waals surface area contributed by atoms with Gasteiger partial charge in [0.2, 0.25) is 0 Å². The predicted molar refractivity (Wildman–Crippen MR) is 88.5 cm³/mol. The van der Waals surface area contributed by atoms with E-state index in [1.54, 1.807) is 12.1 Å². The number of allylic oxidation sites excluding steroid dienone is 1. The third-order valence-corrected chi connectivity index (χ3v) is 4.25. The lowest BCUT2D eigenvalue weighted by Gasteiger charge is -2.11. The Bertz CT molecular complexity index is 644. The second kappa shape index (κ2) is 6.44. The lowest BCUT2D eigenvalue weighted by Crippen LogP contribution is -2.07. The molecule has 0 spiro atoms. The first-order valence-corrected chi connectivity index (χ1v) is 7.49. The number of hydrogen-bond donors (Lipinski definition) is 0. The van der Waals surface area contributed by atoms with Gasteiger partial charge in [0, 0.05) is 19.8 Å². The molecule has 0 saturated carbocycles. The average molecular weight is 326 g/mol. The van der Waals surface area contributed by atoms with Crippen LogP contribution in [0.3, 0.4) is 0 Å². The van der Waals surface area contributed by atoms with Crippen molar-refractivity contribution in [3.63, 3.8) is 0 Å². The summed E-state index contributed by atoms with van der Waals surface area (Å²) in [7, 11) is 3.97. The van der Waals surface area contributed by atoms with Gasteiger partial charge >= 0.3 is 0 Å². The summed E-state index contributed by atoms with van der Waals surface area (Å²) in [5.41, 5.74) is 2.52. The monoisotopic (exact) mass is 325 g/mol. The molecular weight excluding hydrogens is 313 g/mol. The third-order valence-electron chi connectivity index (χ3n) is 2.76. The average Bonchev–Trinajstić information content (AvgIpc) is 2.75. The van der Waals surface area contributed by atoms with E-state index in [1.807, 2.05) is 43.3 Å². The highest BCUT2D eigenvalue weighted by Crippen LogP contribution is 2.31. The minimum absolute atomic E-state index is 0.144. The molecule has 104 valence electrons. The molecule has 0 saturated heterocycles. The Labute approximate surface area is 132 Å². The summed E-state index contributed by atoms with van der Waals surface area (Å²) in [6.07, 6.45) is 3.28. The summed E-state index contributed by atoms with van der Waals surface area (Å²) in [5, 5.41) is 0. The maximum absolute atomic E-state index is 12.0. The second-order valence-electron chi connectivity index (χ2n) is 4.42. The molecule has 0 radical (unpaired) electrons. The number of nitrogens with zero attached hydrogens (tertiary/aromatic N) is 1. The van der Waals surface area contributed by atoms with Gasteiger partial charge < -0.3 is 4.90 Å². The van der Waals surface area contributed by atoms with Crippen molar-refractivity contribution in [1.29, 1.82) is 0 Å². The maximum Gasteiger partial charge on any atom is 0.188 e. The lowest BCUT2D eigenvalue weighted by molar-refractivity contribution is 0.104. The quantitative estimate of drug-likeness (QED) is 0.581. The SMILES string of the molecule is CN(C)c1ccc(C=CC(=O)c2cc(Cl)sc2Cl)cc1. The molecule has 5 heteroatoms. The van der Waals surface area contributed by atoms with Gasteiger partial charge in [-0.1, -0.05) is 41.4 Å². The van der Waals surface area contributed by atoms with Gasteiger partial charge in [-0.05, 0) is 29.8 Å². The van der Waals surface area contributed by atoms with Gasteiger partial charge in [0.1, 0.15) is 4.34 Å². The van der Waals surface area contributed by atoms with Crippen LogP contribution in [0.2, 0.25) is 8.67 Å². The standard InChI is InChI=1S/C15H13Cl2NOS/c1-18(2)11-6-3-10(4-7-11)5-8-13(19)12-9-14(16)20-15(12)17/h3-9H,1-2H3. The molecule has 0 unspecified atom stereocenters. The van der Waals surface area contributed by atoms with Crippen LogP contribution in [-0.2, 0) is 0 Å². The smallest absolute Gasteiger partial charge is 0.188 e. The van der Waals surface area contributed by atoms with Crippen LogP contribution in [0.5, 0.6) is 0 Å². The van der Waals surface area contributed by atoms with Crippen LogP contribution in [0, 0.1) is 0 Å². The van der Waals surface area contributed by atoms with Crippen molar-refractivity contribution in [3.8, 4) is 0 Å². The molecule has 0 atom stereocenters. The molecule has 0 amide bonds. The molecule has 1 aromatic carbocycles. The summed E-state index contributed by atoms with van der Waals surface area (Å²) in [5.74, 6) is -0.144. The van der Waals surface area contributed by atoms with Gasteiger partial charge in [0.15, 0.2) is 5.78 Å². The van der Waals surface area contributed by atoms with E-state index in [1.165, 1.54) is 17.4 Å². The normalized spacial score (nSPS) is 11.0. The second-order valence-corrected chi connectivity index (χ2v) is 6.71. The zero-order valence-corrected chi connectivity index (χ0v) is 13.4. The zero-order chi connectivity index (χ0) is 14.7. The summed E-state index contributed by atoms with van der Waals surface area (Å²) in [6.45, 7) is 0. The summed E-state index contributed by atoms with van der Waals surface area (Å²) in [4.78, 5) is 14.0. The van der Waals surface area contributed by atoms with E-state index < -0.39 is 0 Å². The van der Waals surface area contributed by atoms with Crippen molar-refractivity contribution in [2.45, 2.75) is 0 Å². The number of carbonyl (C=O) groups is 1. The van der Waals surface area contributed by atoms with E-state index in [-0.39, 0.29) is 5.78 Å². The van der Waals surface area contributed by atoms with Crippen molar-refractivity contribution in [3.05, 3.63) is 56.2 Å². The van der Waals surface area contributed by atoms with Gasteiger partial charge in [-0.2, -0.15) is 0 Å². The van der Waals surface area contributed by atoms with Crippen LogP contribution in [0.1, 0.15) is 15.9 Å². The minimum atomic E-state index is -0.144. The van der Waals surface area contributed by atoms with Gasteiger partial charge in [-0.3, -0.25) is 4.79 Å². The van der Waals surface area contributed by atoms with E-state index in [0.717, 1.165) is 11.3 Å². The highest BCUT2D eigenvalue weighted by molar-refractivity contribution is 7.20. The molecule has 20 heavy (non-hydrogen) atoms. The number of thiophene rings is 1. The lowest BCUT2D eigenvalue weighted by atomic mass is 10.1. The summed E-state index contributed by atoms with van der Waals surface area (Å²) in [6, 6.07) is 9.51. The highest BCUT2D eigenvalue weighted by Gasteiger charge is 2.11. The van der Waals surface area contributed by atoms with Crippen LogP contribution in [0.4, 0.5) is 5.69 Å². The van der Waals surface area contributed by atoms with Crippen molar-refractivity contribution >= 4 is 52.1 Å². The van der Waals surface area contributed by atoms with Gasteiger partial charge in [0.25, 0.3) is 0 Å². The Kier molecular flexibility index (Phi) is 4.86. The van der Waals surface area contributed by atoms with E-state index >= 15 is 0 Å². The first kappa shape index (κ1) is 15.1. The molecule has 0 fully saturated rings. The van der Waals surface area contributed by atoms with Crippen molar-refractivity contribution in [2.75, 3.05) is 19.0 Å². The van der Waals surface area contributed by atoms with Crippen LogP contribution in [0.25, 0.3) is 6.08 Å². The molecule has 2 nitrogen and oxygen atoms in total. The number of halogens is 2. The van der Waals surface area contributed by atoms with E-state index in [0.29, 0.717) is 14.2 Å². The van der Waals surface area contributed by atoms with Gasteiger partial charge in [-0.25, -0.2) is 0 Å². The largest absolute Gasteiger partial charge is 0.378 e. The molecule has 2 aromatic rings. The Balaban J connectivity index is 2.13. The number of benzene rings is 1. The van der Waals surface area contributed by atoms with E-state index in [2.05, 4.69) is 0 Å². The fourth-order valence-corrected chi connectivity index (χ4v) is 3.13. The van der Waals surface area contributed by atoms with Crippen LogP contribution in [-0.4, -0.2) is 19.9 Å². The number of anilines is 1. The summed E-state index contributed by atoms with van der Waals surface area (Å²) < 4.78 is 0.940. The molecule has 1 heterocycles. The van der Waals surface area contributed by atoms with Crippen LogP contribution < -0.4 is 4.90 Å². The molecule has 2 rings (SSSR count). The van der Waals surface area contributed by atoms with Crippen molar-refractivity contribution < 1.29 is 4.79 Å². The fraction of sp³-hybridized carbons (Fsp3) is 0.133. The van der Waals surface area contributed by atoms with E-state index in [9.17, 15) is 4.79 Å².